The van der Waals surface area contributed by atoms with E-state index in [1.807, 2.05) is 31.4 Å². The molecule has 6 nitrogen and oxygen atoms in total. The Morgan fingerprint density at radius 1 is 1.24 bits per heavy atom. The highest BCUT2D eigenvalue weighted by Gasteiger charge is 2.28. The number of rotatable bonds is 8. The van der Waals surface area contributed by atoms with E-state index in [-0.39, 0.29) is 23.5 Å². The van der Waals surface area contributed by atoms with E-state index in [2.05, 4.69) is 5.32 Å². The molecule has 0 radical (unpaired) electrons. The predicted molar refractivity (Wildman–Crippen MR) is 119 cm³/mol. The van der Waals surface area contributed by atoms with E-state index in [1.165, 1.54) is 17.4 Å². The Labute approximate surface area is 179 Å². The topological polar surface area (TPSA) is 75.7 Å². The highest BCUT2D eigenvalue weighted by Crippen LogP contribution is 2.35. The van der Waals surface area contributed by atoms with Crippen molar-refractivity contribution in [2.45, 2.75) is 40.7 Å². The van der Waals surface area contributed by atoms with E-state index in [0.717, 1.165) is 16.2 Å². The van der Waals surface area contributed by atoms with Crippen molar-refractivity contribution in [3.05, 3.63) is 44.5 Å². The van der Waals surface area contributed by atoms with E-state index >= 15 is 0 Å². The Balaban J connectivity index is 2.37. The molecule has 8 heteroatoms. The molecule has 0 unspecified atom stereocenters. The number of carbonyl (C=O) groups is 3. The van der Waals surface area contributed by atoms with Crippen LogP contribution in [-0.4, -0.2) is 41.9 Å². The number of hydrogen-bond donors (Lipinski definition) is 1. The minimum Gasteiger partial charge on any atom is -0.459 e. The van der Waals surface area contributed by atoms with Gasteiger partial charge in [0, 0.05) is 24.0 Å². The molecule has 0 saturated heterocycles. The molecule has 0 aliphatic rings. The van der Waals surface area contributed by atoms with E-state index in [4.69, 9.17) is 4.74 Å². The van der Waals surface area contributed by atoms with E-state index in [1.54, 1.807) is 31.7 Å². The van der Waals surface area contributed by atoms with Crippen molar-refractivity contribution >= 4 is 51.5 Å². The quantitative estimate of drug-likeness (QED) is 0.477. The maximum absolute atomic E-state index is 12.9. The average Bonchev–Trinajstić information content (AvgIpc) is 3.28. The van der Waals surface area contributed by atoms with Crippen LogP contribution in [0.1, 0.15) is 58.2 Å². The number of nitrogens with zero attached hydrogens (tertiary/aromatic N) is 1. The summed E-state index contributed by atoms with van der Waals surface area (Å²) in [7, 11) is 0. The molecular weight excluding hydrogens is 408 g/mol. The van der Waals surface area contributed by atoms with Crippen LogP contribution in [0.5, 0.6) is 0 Å². The number of carbonyl (C=O) groups excluding carboxylic acids is 3. The van der Waals surface area contributed by atoms with Gasteiger partial charge in [0.1, 0.15) is 5.00 Å². The molecule has 0 aliphatic heterocycles. The lowest BCUT2D eigenvalue weighted by Gasteiger charge is -2.18. The van der Waals surface area contributed by atoms with Gasteiger partial charge >= 0.3 is 5.97 Å². The number of hydrogen-bond acceptors (Lipinski definition) is 6. The molecule has 2 heterocycles. The molecule has 2 amide bonds. The largest absolute Gasteiger partial charge is 0.459 e. The Morgan fingerprint density at radius 2 is 1.93 bits per heavy atom. The standard InChI is InChI=1S/C21H26N2O4S2/c1-6-23(7-2)20(25)18-14(5)17(21(26)27-13(3)4)19(29-18)22-16(24)11-10-15-9-8-12-28-15/h8-13H,6-7H2,1-5H3,(H,22,24)/b11-10+. The normalized spacial score (nSPS) is 11.1. The van der Waals surface area contributed by atoms with Crippen LogP contribution in [0.15, 0.2) is 23.6 Å². The number of anilines is 1. The predicted octanol–water partition coefficient (Wildman–Crippen LogP) is 4.82. The van der Waals surface area contributed by atoms with Crippen LogP contribution in [0.4, 0.5) is 5.00 Å². The van der Waals surface area contributed by atoms with Gasteiger partial charge in [-0.1, -0.05) is 6.07 Å². The van der Waals surface area contributed by atoms with E-state index < -0.39 is 5.97 Å². The summed E-state index contributed by atoms with van der Waals surface area (Å²) < 4.78 is 5.34. The number of thiophene rings is 2. The summed E-state index contributed by atoms with van der Waals surface area (Å²) in [4.78, 5) is 41.0. The smallest absolute Gasteiger partial charge is 0.341 e. The second kappa shape index (κ2) is 10.4. The Bertz CT molecular complexity index is 894. The van der Waals surface area contributed by atoms with Crippen LogP contribution >= 0.6 is 22.7 Å². The van der Waals surface area contributed by atoms with Gasteiger partial charge in [0.2, 0.25) is 5.91 Å². The van der Waals surface area contributed by atoms with E-state index in [0.29, 0.717) is 28.5 Å². The molecule has 0 spiro atoms. The van der Waals surface area contributed by atoms with Crippen molar-refractivity contribution in [1.29, 1.82) is 0 Å². The number of amides is 2. The van der Waals surface area contributed by atoms with Gasteiger partial charge in [-0.2, -0.15) is 0 Å². The second-order valence-corrected chi connectivity index (χ2v) is 8.53. The van der Waals surface area contributed by atoms with Crippen molar-refractivity contribution < 1.29 is 19.1 Å². The highest BCUT2D eigenvalue weighted by molar-refractivity contribution is 7.18. The fraction of sp³-hybridized carbons (Fsp3) is 0.381. The molecule has 2 aromatic rings. The molecule has 0 saturated carbocycles. The molecule has 2 rings (SSSR count). The maximum Gasteiger partial charge on any atom is 0.341 e. The molecule has 0 fully saturated rings. The average molecular weight is 435 g/mol. The molecule has 2 aromatic heterocycles. The van der Waals surface area contributed by atoms with E-state index in [9.17, 15) is 14.4 Å². The van der Waals surface area contributed by atoms with Crippen LogP contribution in [0.2, 0.25) is 0 Å². The minimum absolute atomic E-state index is 0.161. The molecule has 0 aromatic carbocycles. The zero-order chi connectivity index (χ0) is 21.6. The lowest BCUT2D eigenvalue weighted by molar-refractivity contribution is -0.111. The van der Waals surface area contributed by atoms with Crippen molar-refractivity contribution in [1.82, 2.24) is 4.90 Å². The Kier molecular flexibility index (Phi) is 8.16. The zero-order valence-electron chi connectivity index (χ0n) is 17.3. The number of esters is 1. The third-order valence-electron chi connectivity index (χ3n) is 4.12. The first-order valence-electron chi connectivity index (χ1n) is 9.44. The molecular formula is C21H26N2O4S2. The first kappa shape index (κ1) is 22.8. The summed E-state index contributed by atoms with van der Waals surface area (Å²) in [5, 5.41) is 4.99. The minimum atomic E-state index is -0.551. The fourth-order valence-electron chi connectivity index (χ4n) is 2.68. The first-order valence-corrected chi connectivity index (χ1v) is 11.1. The molecule has 0 atom stereocenters. The molecule has 1 N–H and O–H groups in total. The van der Waals surface area contributed by atoms with Crippen LogP contribution in [0.3, 0.4) is 0 Å². The van der Waals surface area contributed by atoms with Crippen molar-refractivity contribution in [2.75, 3.05) is 18.4 Å². The van der Waals surface area contributed by atoms with Gasteiger partial charge in [-0.15, -0.1) is 22.7 Å². The van der Waals surface area contributed by atoms with Gasteiger partial charge in [0.05, 0.1) is 16.5 Å². The van der Waals surface area contributed by atoms with Gasteiger partial charge in [-0.25, -0.2) is 4.79 Å². The van der Waals surface area contributed by atoms with Crippen LogP contribution in [-0.2, 0) is 9.53 Å². The Hall–Kier alpha value is -2.45. The summed E-state index contributed by atoms with van der Waals surface area (Å²) in [6.07, 6.45) is 2.80. The second-order valence-electron chi connectivity index (χ2n) is 6.53. The van der Waals surface area contributed by atoms with Gasteiger partial charge in [-0.3, -0.25) is 9.59 Å². The van der Waals surface area contributed by atoms with Gasteiger partial charge in [0.15, 0.2) is 0 Å². The third-order valence-corrected chi connectivity index (χ3v) is 6.15. The molecule has 0 aliphatic carbocycles. The number of nitrogens with one attached hydrogen (secondary N) is 1. The lowest BCUT2D eigenvalue weighted by atomic mass is 10.1. The SMILES string of the molecule is CCN(CC)C(=O)c1sc(NC(=O)/C=C/c2cccs2)c(C(=O)OC(C)C)c1C. The molecule has 0 bridgehead atoms. The zero-order valence-corrected chi connectivity index (χ0v) is 18.9. The van der Waals surface area contributed by atoms with Gasteiger partial charge in [0.25, 0.3) is 5.91 Å². The summed E-state index contributed by atoms with van der Waals surface area (Å²) in [6, 6.07) is 3.80. The monoisotopic (exact) mass is 434 g/mol. The summed E-state index contributed by atoms with van der Waals surface area (Å²) in [5.41, 5.74) is 0.757. The van der Waals surface area contributed by atoms with Crippen molar-refractivity contribution in [3.8, 4) is 0 Å². The van der Waals surface area contributed by atoms with Gasteiger partial charge < -0.3 is 15.0 Å². The molecule has 156 valence electrons. The van der Waals surface area contributed by atoms with Crippen LogP contribution in [0.25, 0.3) is 6.08 Å². The van der Waals surface area contributed by atoms with Gasteiger partial charge in [-0.05, 0) is 57.7 Å². The lowest BCUT2D eigenvalue weighted by Crippen LogP contribution is -2.30. The van der Waals surface area contributed by atoms with Crippen LogP contribution in [0, 0.1) is 6.92 Å². The first-order chi connectivity index (χ1) is 13.8. The fourth-order valence-corrected chi connectivity index (χ4v) is 4.46. The van der Waals surface area contributed by atoms with Crippen molar-refractivity contribution in [3.63, 3.8) is 0 Å². The maximum atomic E-state index is 12.9. The van der Waals surface area contributed by atoms with Crippen molar-refractivity contribution in [2.24, 2.45) is 0 Å². The highest BCUT2D eigenvalue weighted by atomic mass is 32.1. The summed E-state index contributed by atoms with van der Waals surface area (Å²) >= 11 is 2.62. The van der Waals surface area contributed by atoms with Crippen LogP contribution < -0.4 is 5.32 Å². The Morgan fingerprint density at radius 3 is 2.48 bits per heavy atom. The number of ether oxygens (including phenoxy) is 1. The molecule has 29 heavy (non-hydrogen) atoms. The summed E-state index contributed by atoms with van der Waals surface area (Å²) in [6.45, 7) is 10.1. The third kappa shape index (κ3) is 5.77. The summed E-state index contributed by atoms with van der Waals surface area (Å²) in [5.74, 6) is -1.09.